The van der Waals surface area contributed by atoms with Gasteiger partial charge in [0.1, 0.15) is 0 Å². The molecule has 1 aliphatic rings. The van der Waals surface area contributed by atoms with Crippen LogP contribution in [0.4, 0.5) is 0 Å². The summed E-state index contributed by atoms with van der Waals surface area (Å²) in [6.45, 7) is 2.46. The number of rotatable bonds is 6. The number of piperazine rings is 1. The molecule has 1 atom stereocenters. The average Bonchev–Trinajstić information content (AvgIpc) is 2.68. The van der Waals surface area contributed by atoms with Crippen molar-refractivity contribution in [3.8, 4) is 0 Å². The second kappa shape index (κ2) is 8.99. The van der Waals surface area contributed by atoms with Crippen LogP contribution in [0, 0.1) is 0 Å². The normalized spacial score (nSPS) is 18.0. The summed E-state index contributed by atoms with van der Waals surface area (Å²) in [6.07, 6.45) is 0.995. The van der Waals surface area contributed by atoms with Crippen LogP contribution in [-0.4, -0.2) is 55.5 Å². The molecule has 144 valence electrons. The summed E-state index contributed by atoms with van der Waals surface area (Å²) in [5, 5.41) is 12.3. The maximum atomic E-state index is 12.5. The molecule has 7 heteroatoms. The number of nitrogens with zero attached hydrogens (tertiary/aromatic N) is 2. The van der Waals surface area contributed by atoms with Crippen molar-refractivity contribution in [1.29, 1.82) is 0 Å². The molecule has 1 N–H and O–H groups in total. The molecule has 1 aliphatic heterocycles. The summed E-state index contributed by atoms with van der Waals surface area (Å²) in [6, 6.07) is 16.5. The fraction of sp³-hybridized carbons (Fsp3) is 0.300. The third kappa shape index (κ3) is 5.64. The molecule has 3 rings (SSSR count). The minimum absolute atomic E-state index is 0.412. The fourth-order valence-corrected chi connectivity index (χ4v) is 4.32. The number of aliphatic hydroxyl groups excluding tert-OH is 1. The van der Waals surface area contributed by atoms with Gasteiger partial charge in [0.15, 0.2) is 0 Å². The van der Waals surface area contributed by atoms with Gasteiger partial charge in [0, 0.05) is 43.2 Å². The van der Waals surface area contributed by atoms with Gasteiger partial charge in [-0.2, -0.15) is 4.31 Å². The highest BCUT2D eigenvalue weighted by molar-refractivity contribution is 7.92. The predicted octanol–water partition coefficient (Wildman–Crippen LogP) is 2.99. The zero-order valence-corrected chi connectivity index (χ0v) is 16.5. The molecule has 2 aromatic rings. The Balaban J connectivity index is 1.53. The molecule has 5 nitrogen and oxygen atoms in total. The number of benzene rings is 2. The lowest BCUT2D eigenvalue weighted by atomic mass is 10.1. The number of halogens is 1. The largest absolute Gasteiger partial charge is 0.387 e. The van der Waals surface area contributed by atoms with E-state index in [1.54, 1.807) is 18.2 Å². The Morgan fingerprint density at radius 1 is 1.00 bits per heavy atom. The van der Waals surface area contributed by atoms with E-state index >= 15 is 0 Å². The first kappa shape index (κ1) is 20.0. The summed E-state index contributed by atoms with van der Waals surface area (Å²) in [5.74, 6) is 0. The average molecular weight is 407 g/mol. The minimum atomic E-state index is -3.44. The zero-order valence-electron chi connectivity index (χ0n) is 14.9. The minimum Gasteiger partial charge on any atom is -0.387 e. The first-order valence-corrected chi connectivity index (χ1v) is 10.7. The number of hydrogen-bond donors (Lipinski definition) is 1. The lowest BCUT2D eigenvalue weighted by Gasteiger charge is -2.34. The van der Waals surface area contributed by atoms with Crippen molar-refractivity contribution in [3.63, 3.8) is 0 Å². The van der Waals surface area contributed by atoms with Crippen LogP contribution in [0.15, 0.2) is 60.0 Å². The molecule has 1 saturated heterocycles. The van der Waals surface area contributed by atoms with E-state index in [1.807, 2.05) is 42.5 Å². The highest BCUT2D eigenvalue weighted by Crippen LogP contribution is 2.19. The van der Waals surface area contributed by atoms with Crippen LogP contribution in [0.1, 0.15) is 17.2 Å². The molecule has 27 heavy (non-hydrogen) atoms. The predicted molar refractivity (Wildman–Crippen MR) is 109 cm³/mol. The monoisotopic (exact) mass is 406 g/mol. The van der Waals surface area contributed by atoms with Crippen LogP contribution in [0.3, 0.4) is 0 Å². The second-order valence-corrected chi connectivity index (χ2v) is 8.78. The molecule has 0 aromatic heterocycles. The van der Waals surface area contributed by atoms with Crippen molar-refractivity contribution < 1.29 is 13.5 Å². The van der Waals surface area contributed by atoms with Gasteiger partial charge in [0.2, 0.25) is 10.0 Å². The molecule has 0 radical (unpaired) electrons. The van der Waals surface area contributed by atoms with E-state index in [-0.39, 0.29) is 0 Å². The molecular formula is C20H23ClN2O3S. The Bertz CT molecular complexity index is 862. The third-order valence-electron chi connectivity index (χ3n) is 4.61. The Labute approximate surface area is 165 Å². The topological polar surface area (TPSA) is 60.9 Å². The van der Waals surface area contributed by atoms with Gasteiger partial charge in [-0.25, -0.2) is 8.42 Å². The van der Waals surface area contributed by atoms with E-state index in [1.165, 1.54) is 9.71 Å². The lowest BCUT2D eigenvalue weighted by molar-refractivity contribution is 0.0923. The molecule has 0 spiro atoms. The standard InChI is InChI=1S/C20H23ClN2O3S/c21-19-8-6-18(7-9-19)20(24)16-22-11-13-23(14-12-22)27(25,26)15-10-17-4-2-1-3-5-17/h1-10,15,20,24H,11-14,16H2/b15-10+. The smallest absolute Gasteiger partial charge is 0.236 e. The van der Waals surface area contributed by atoms with Gasteiger partial charge in [0.05, 0.1) is 6.10 Å². The number of hydrogen-bond acceptors (Lipinski definition) is 4. The van der Waals surface area contributed by atoms with Gasteiger partial charge < -0.3 is 5.11 Å². The van der Waals surface area contributed by atoms with Crippen molar-refractivity contribution in [2.24, 2.45) is 0 Å². The highest BCUT2D eigenvalue weighted by atomic mass is 35.5. The molecule has 0 saturated carbocycles. The Morgan fingerprint density at radius 2 is 1.63 bits per heavy atom. The van der Waals surface area contributed by atoms with Crippen molar-refractivity contribution in [3.05, 3.63) is 76.2 Å². The third-order valence-corrected chi connectivity index (χ3v) is 6.43. The number of β-amino-alcohol motifs (C(OH)–C–C–N with tert-alkyl or cyclic N) is 1. The molecule has 1 unspecified atom stereocenters. The summed E-state index contributed by atoms with van der Waals surface area (Å²) in [4.78, 5) is 2.08. The van der Waals surface area contributed by atoms with E-state index in [0.717, 1.165) is 11.1 Å². The van der Waals surface area contributed by atoms with E-state index < -0.39 is 16.1 Å². The molecule has 1 heterocycles. The Kier molecular flexibility index (Phi) is 6.68. The van der Waals surface area contributed by atoms with Gasteiger partial charge >= 0.3 is 0 Å². The van der Waals surface area contributed by atoms with Crippen molar-refractivity contribution >= 4 is 27.7 Å². The van der Waals surface area contributed by atoms with Crippen molar-refractivity contribution in [2.75, 3.05) is 32.7 Å². The highest BCUT2D eigenvalue weighted by Gasteiger charge is 2.26. The van der Waals surface area contributed by atoms with Gasteiger partial charge in [0.25, 0.3) is 0 Å². The summed E-state index contributed by atoms with van der Waals surface area (Å²) < 4.78 is 26.5. The summed E-state index contributed by atoms with van der Waals surface area (Å²) in [7, 11) is -3.44. The summed E-state index contributed by atoms with van der Waals surface area (Å²) >= 11 is 5.87. The molecule has 0 aliphatic carbocycles. The van der Waals surface area contributed by atoms with Crippen molar-refractivity contribution in [2.45, 2.75) is 6.10 Å². The summed E-state index contributed by atoms with van der Waals surface area (Å²) in [5.41, 5.74) is 1.66. The SMILES string of the molecule is O=S(=O)(/C=C/c1ccccc1)N1CCN(CC(O)c2ccc(Cl)cc2)CC1. The van der Waals surface area contributed by atoms with Gasteiger partial charge in [-0.3, -0.25) is 4.90 Å². The zero-order chi connectivity index (χ0) is 19.3. The van der Waals surface area contributed by atoms with Crippen LogP contribution in [0.2, 0.25) is 5.02 Å². The maximum Gasteiger partial charge on any atom is 0.236 e. The number of sulfonamides is 1. The maximum absolute atomic E-state index is 12.5. The Hall–Kier alpha value is -1.70. The lowest BCUT2D eigenvalue weighted by Crippen LogP contribution is -2.49. The molecular weight excluding hydrogens is 384 g/mol. The van der Waals surface area contributed by atoms with Crippen molar-refractivity contribution in [1.82, 2.24) is 9.21 Å². The number of aliphatic hydroxyl groups is 1. The molecule has 0 amide bonds. The van der Waals surface area contributed by atoms with Gasteiger partial charge in [-0.1, -0.05) is 54.1 Å². The first-order chi connectivity index (χ1) is 12.9. The van der Waals surface area contributed by atoms with E-state index in [9.17, 15) is 13.5 Å². The van der Waals surface area contributed by atoms with Crippen LogP contribution < -0.4 is 0 Å². The Morgan fingerprint density at radius 3 is 2.26 bits per heavy atom. The van der Waals surface area contributed by atoms with Gasteiger partial charge in [-0.15, -0.1) is 0 Å². The fourth-order valence-electron chi connectivity index (χ4n) is 3.02. The van der Waals surface area contributed by atoms with Crippen LogP contribution in [-0.2, 0) is 10.0 Å². The quantitative estimate of drug-likeness (QED) is 0.801. The van der Waals surface area contributed by atoms with E-state index in [2.05, 4.69) is 4.90 Å². The van der Waals surface area contributed by atoms with E-state index in [4.69, 9.17) is 11.6 Å². The second-order valence-electron chi connectivity index (χ2n) is 6.53. The molecule has 1 fully saturated rings. The van der Waals surface area contributed by atoms with Crippen LogP contribution >= 0.6 is 11.6 Å². The molecule has 2 aromatic carbocycles. The van der Waals surface area contributed by atoms with Crippen LogP contribution in [0.25, 0.3) is 6.08 Å². The van der Waals surface area contributed by atoms with Gasteiger partial charge in [-0.05, 0) is 29.3 Å². The first-order valence-electron chi connectivity index (χ1n) is 8.83. The van der Waals surface area contributed by atoms with Crippen LogP contribution in [0.5, 0.6) is 0 Å². The molecule has 0 bridgehead atoms. The van der Waals surface area contributed by atoms with E-state index in [0.29, 0.717) is 37.7 Å².